The molecular formula is C12H18O5S. The van der Waals surface area contributed by atoms with Crippen molar-refractivity contribution in [2.24, 2.45) is 0 Å². The number of aliphatic hydroxyl groups excluding tert-OH is 2. The van der Waals surface area contributed by atoms with Crippen molar-refractivity contribution in [3.8, 4) is 0 Å². The highest BCUT2D eigenvalue weighted by Gasteiger charge is 2.17. The van der Waals surface area contributed by atoms with Gasteiger partial charge in [-0.15, -0.1) is 0 Å². The molecule has 0 amide bonds. The van der Waals surface area contributed by atoms with Crippen LogP contribution in [-0.4, -0.2) is 37.9 Å². The van der Waals surface area contributed by atoms with Crippen molar-refractivity contribution in [3.63, 3.8) is 0 Å². The van der Waals surface area contributed by atoms with Crippen molar-refractivity contribution in [1.82, 2.24) is 0 Å². The summed E-state index contributed by atoms with van der Waals surface area (Å²) < 4.78 is 28.2. The van der Waals surface area contributed by atoms with Gasteiger partial charge >= 0.3 is 0 Å². The van der Waals surface area contributed by atoms with E-state index in [1.165, 1.54) is 12.1 Å². The Morgan fingerprint density at radius 3 is 2.44 bits per heavy atom. The minimum Gasteiger partial charge on any atom is -0.396 e. The molecule has 0 unspecified atom stereocenters. The maximum Gasteiger partial charge on any atom is 0.297 e. The van der Waals surface area contributed by atoms with E-state index < -0.39 is 16.2 Å². The fourth-order valence-corrected chi connectivity index (χ4v) is 2.29. The topological polar surface area (TPSA) is 83.8 Å². The molecule has 5 nitrogen and oxygen atoms in total. The molecule has 0 spiro atoms. The third-order valence-corrected chi connectivity index (χ3v) is 3.72. The third kappa shape index (κ3) is 4.73. The zero-order valence-corrected chi connectivity index (χ0v) is 11.1. The van der Waals surface area contributed by atoms with Crippen LogP contribution in [-0.2, 0) is 14.3 Å². The van der Waals surface area contributed by atoms with Crippen LogP contribution in [0.3, 0.4) is 0 Å². The van der Waals surface area contributed by atoms with Crippen LogP contribution in [0.4, 0.5) is 0 Å². The van der Waals surface area contributed by atoms with Crippen molar-refractivity contribution in [2.45, 2.75) is 30.8 Å². The largest absolute Gasteiger partial charge is 0.396 e. The lowest BCUT2D eigenvalue weighted by Crippen LogP contribution is -2.19. The molecule has 6 heteroatoms. The summed E-state index contributed by atoms with van der Waals surface area (Å²) in [5.41, 5.74) is 0.955. The Morgan fingerprint density at radius 1 is 1.28 bits per heavy atom. The zero-order chi connectivity index (χ0) is 13.6. The Bertz CT molecular complexity index is 452. The van der Waals surface area contributed by atoms with Crippen molar-refractivity contribution >= 4 is 10.1 Å². The molecule has 1 aromatic carbocycles. The molecule has 1 rings (SSSR count). The van der Waals surface area contributed by atoms with Gasteiger partial charge in [-0.3, -0.25) is 4.18 Å². The minimum atomic E-state index is -3.82. The van der Waals surface area contributed by atoms with Crippen LogP contribution in [0.5, 0.6) is 0 Å². The first-order valence-electron chi connectivity index (χ1n) is 5.71. The summed E-state index contributed by atoms with van der Waals surface area (Å²) in [6, 6.07) is 6.28. The number of benzene rings is 1. The molecule has 1 aromatic rings. The lowest BCUT2D eigenvalue weighted by atomic mass is 10.2. The average molecular weight is 274 g/mol. The van der Waals surface area contributed by atoms with Crippen LogP contribution in [0.1, 0.15) is 18.4 Å². The fourth-order valence-electron chi connectivity index (χ4n) is 1.35. The fraction of sp³-hybridized carbons (Fsp3) is 0.500. The molecule has 102 valence electrons. The van der Waals surface area contributed by atoms with E-state index in [4.69, 9.17) is 9.29 Å². The smallest absolute Gasteiger partial charge is 0.297 e. The molecule has 0 heterocycles. The van der Waals surface area contributed by atoms with E-state index in [1.54, 1.807) is 12.1 Å². The first kappa shape index (κ1) is 15.1. The Hall–Kier alpha value is -0.950. The summed E-state index contributed by atoms with van der Waals surface area (Å²) in [5.74, 6) is 0. The van der Waals surface area contributed by atoms with Gasteiger partial charge in [0.1, 0.15) is 0 Å². The summed E-state index contributed by atoms with van der Waals surface area (Å²) in [6.45, 7) is 1.52. The van der Waals surface area contributed by atoms with Gasteiger partial charge in [0, 0.05) is 6.61 Å². The van der Waals surface area contributed by atoms with Crippen LogP contribution < -0.4 is 0 Å². The quantitative estimate of drug-likeness (QED) is 0.720. The standard InChI is InChI=1S/C12H18O5S/c1-10-4-6-12(7-5-10)18(15,16)17-9-11(14)3-2-8-13/h4-7,11,13-14H,2-3,8-9H2,1H3/t11-/m1/s1. The Labute approximate surface area is 107 Å². The normalized spacial score (nSPS) is 13.5. The zero-order valence-electron chi connectivity index (χ0n) is 10.2. The van der Waals surface area contributed by atoms with E-state index in [2.05, 4.69) is 0 Å². The molecule has 0 radical (unpaired) electrons. The van der Waals surface area contributed by atoms with E-state index in [0.717, 1.165) is 5.56 Å². The van der Waals surface area contributed by atoms with Crippen LogP contribution >= 0.6 is 0 Å². The molecule has 0 fully saturated rings. The van der Waals surface area contributed by atoms with Crippen molar-refractivity contribution in [1.29, 1.82) is 0 Å². The van der Waals surface area contributed by atoms with Gasteiger partial charge in [-0.25, -0.2) is 0 Å². The highest BCUT2D eigenvalue weighted by atomic mass is 32.2. The highest BCUT2D eigenvalue weighted by Crippen LogP contribution is 2.13. The Morgan fingerprint density at radius 2 is 1.89 bits per heavy atom. The van der Waals surface area contributed by atoms with Crippen molar-refractivity contribution < 1.29 is 22.8 Å². The minimum absolute atomic E-state index is 0.0399. The van der Waals surface area contributed by atoms with Gasteiger partial charge < -0.3 is 10.2 Å². The second-order valence-corrected chi connectivity index (χ2v) is 5.69. The predicted molar refractivity (Wildman–Crippen MR) is 66.6 cm³/mol. The molecule has 2 N–H and O–H groups in total. The van der Waals surface area contributed by atoms with Crippen LogP contribution in [0.25, 0.3) is 0 Å². The van der Waals surface area contributed by atoms with Gasteiger partial charge in [-0.05, 0) is 31.9 Å². The van der Waals surface area contributed by atoms with E-state index in [0.29, 0.717) is 12.8 Å². The van der Waals surface area contributed by atoms with E-state index in [9.17, 15) is 13.5 Å². The second kappa shape index (κ2) is 6.84. The highest BCUT2D eigenvalue weighted by molar-refractivity contribution is 7.86. The first-order chi connectivity index (χ1) is 8.45. The molecular weight excluding hydrogens is 256 g/mol. The maximum atomic E-state index is 11.7. The number of rotatable bonds is 7. The molecule has 0 aliphatic carbocycles. The molecule has 0 saturated heterocycles. The monoisotopic (exact) mass is 274 g/mol. The molecule has 0 aliphatic heterocycles. The van der Waals surface area contributed by atoms with E-state index in [-0.39, 0.29) is 18.1 Å². The van der Waals surface area contributed by atoms with Gasteiger partial charge in [0.25, 0.3) is 10.1 Å². The number of hydrogen-bond donors (Lipinski definition) is 2. The van der Waals surface area contributed by atoms with E-state index >= 15 is 0 Å². The van der Waals surface area contributed by atoms with Gasteiger partial charge in [0.05, 0.1) is 17.6 Å². The number of hydrogen-bond acceptors (Lipinski definition) is 5. The second-order valence-electron chi connectivity index (χ2n) is 4.07. The summed E-state index contributed by atoms with van der Waals surface area (Å²) in [5, 5.41) is 18.0. The maximum absolute atomic E-state index is 11.7. The van der Waals surface area contributed by atoms with Crippen LogP contribution in [0.15, 0.2) is 29.2 Å². The SMILES string of the molecule is Cc1ccc(S(=O)(=O)OC[C@H](O)CCCO)cc1. The lowest BCUT2D eigenvalue weighted by Gasteiger charge is -2.10. The first-order valence-corrected chi connectivity index (χ1v) is 7.11. The van der Waals surface area contributed by atoms with Gasteiger partial charge in [0.2, 0.25) is 0 Å². The Balaban J connectivity index is 2.57. The Kier molecular flexibility index (Phi) is 5.74. The van der Waals surface area contributed by atoms with Gasteiger partial charge in [0.15, 0.2) is 0 Å². The summed E-state index contributed by atoms with van der Waals surface area (Å²) in [7, 11) is -3.82. The van der Waals surface area contributed by atoms with Crippen molar-refractivity contribution in [2.75, 3.05) is 13.2 Å². The van der Waals surface area contributed by atoms with Crippen molar-refractivity contribution in [3.05, 3.63) is 29.8 Å². The predicted octanol–water partition coefficient (Wildman–Crippen LogP) is 0.834. The van der Waals surface area contributed by atoms with Gasteiger partial charge in [-0.2, -0.15) is 8.42 Å². The number of aliphatic hydroxyl groups is 2. The van der Waals surface area contributed by atoms with Gasteiger partial charge in [-0.1, -0.05) is 17.7 Å². The van der Waals surface area contributed by atoms with Crippen LogP contribution in [0, 0.1) is 6.92 Å². The summed E-state index contributed by atoms with van der Waals surface area (Å²) in [4.78, 5) is 0.0717. The molecule has 0 bridgehead atoms. The summed E-state index contributed by atoms with van der Waals surface area (Å²) in [6.07, 6.45) is -0.174. The lowest BCUT2D eigenvalue weighted by molar-refractivity contribution is 0.0953. The van der Waals surface area contributed by atoms with Crippen LogP contribution in [0.2, 0.25) is 0 Å². The molecule has 0 aromatic heterocycles. The third-order valence-electron chi connectivity index (χ3n) is 2.42. The molecule has 0 saturated carbocycles. The number of aryl methyl sites for hydroxylation is 1. The molecule has 1 atom stereocenters. The molecule has 18 heavy (non-hydrogen) atoms. The molecule has 0 aliphatic rings. The average Bonchev–Trinajstić information content (AvgIpc) is 2.34. The van der Waals surface area contributed by atoms with E-state index in [1.807, 2.05) is 6.92 Å². The summed E-state index contributed by atoms with van der Waals surface area (Å²) >= 11 is 0.